The summed E-state index contributed by atoms with van der Waals surface area (Å²) < 4.78 is 0. The van der Waals surface area contributed by atoms with Gasteiger partial charge < -0.3 is 31.9 Å². The third-order valence-corrected chi connectivity index (χ3v) is 26.4. The topological polar surface area (TPSA) is 72.2 Å². The van der Waals surface area contributed by atoms with E-state index in [4.69, 9.17) is 0 Å². The standard InChI is InChI=1S/C16H32N2.3C13H25N.C11H19N/c1-10(2)17-13-12-8-9-16(7,15(12,5)6)14(13)18-11(3)4;3*1-9(2)14-11-8-10-6-7-13(11,5)12(10,3)4;1-12-11-9-3-7-2-8(5-9)6-10(11)4-7/h10-14,17-18H,8-9H2,1-7H3;3*9-11,14H,6-8H2,1-5H3;7-12H,2-6H2,1H3. The first-order chi connectivity index (χ1) is 33.2. The zero-order chi connectivity index (χ0) is 53.5. The van der Waals surface area contributed by atoms with Crippen molar-refractivity contribution in [2.24, 2.45) is 90.7 Å². The summed E-state index contributed by atoms with van der Waals surface area (Å²) in [7, 11) is 2.16. The van der Waals surface area contributed by atoms with Gasteiger partial charge in [0.2, 0.25) is 0 Å². The first kappa shape index (κ1) is 59.4. The van der Waals surface area contributed by atoms with Crippen LogP contribution in [0.15, 0.2) is 0 Å². The Balaban J connectivity index is 0.000000133. The van der Waals surface area contributed by atoms with Crippen molar-refractivity contribution in [1.29, 1.82) is 0 Å². The molecular weight excluding hydrogens is 877 g/mol. The summed E-state index contributed by atoms with van der Waals surface area (Å²) >= 11 is 0. The molecule has 13 unspecified atom stereocenters. The highest BCUT2D eigenvalue weighted by atomic mass is 15.1. The molecule has 6 nitrogen and oxygen atoms in total. The fraction of sp³-hybridized carbons (Fsp3) is 1.00. The van der Waals surface area contributed by atoms with Crippen LogP contribution in [0.3, 0.4) is 0 Å². The van der Waals surface area contributed by atoms with Crippen LogP contribution in [0.5, 0.6) is 0 Å². The zero-order valence-corrected chi connectivity index (χ0v) is 52.3. The Kier molecular flexibility index (Phi) is 17.7. The molecule has 0 saturated heterocycles. The fourth-order valence-corrected chi connectivity index (χ4v) is 20.6. The van der Waals surface area contributed by atoms with Gasteiger partial charge >= 0.3 is 0 Å². The molecular formula is C66H126N6. The monoisotopic (exact) mass is 1000 g/mol. The lowest BCUT2D eigenvalue weighted by atomic mass is 9.54. The summed E-state index contributed by atoms with van der Waals surface area (Å²) in [5, 5.41) is 22.6. The van der Waals surface area contributed by atoms with Gasteiger partial charge in [0.05, 0.1) is 0 Å². The van der Waals surface area contributed by atoms with E-state index < -0.39 is 0 Å². The Bertz CT molecular complexity index is 1630. The van der Waals surface area contributed by atoms with Crippen LogP contribution in [0.4, 0.5) is 0 Å². The summed E-state index contributed by atoms with van der Waals surface area (Å²) in [6.07, 6.45) is 23.4. The molecule has 12 saturated carbocycles. The van der Waals surface area contributed by atoms with E-state index in [9.17, 15) is 0 Å². The second-order valence-electron chi connectivity index (χ2n) is 32.6. The van der Waals surface area contributed by atoms with Gasteiger partial charge in [-0.15, -0.1) is 0 Å². The lowest BCUT2D eigenvalue weighted by Gasteiger charge is -2.54. The van der Waals surface area contributed by atoms with E-state index >= 15 is 0 Å². The summed E-state index contributed by atoms with van der Waals surface area (Å²) in [6, 6.07) is 7.46. The van der Waals surface area contributed by atoms with E-state index in [1.54, 1.807) is 32.1 Å². The van der Waals surface area contributed by atoms with Crippen LogP contribution >= 0.6 is 0 Å². The number of rotatable bonds is 11. The van der Waals surface area contributed by atoms with Gasteiger partial charge in [-0.1, -0.05) is 152 Å². The van der Waals surface area contributed by atoms with E-state index in [0.717, 1.165) is 71.5 Å². The molecule has 0 heterocycles. The fourth-order valence-electron chi connectivity index (χ4n) is 20.6. The molecule has 0 amide bonds. The number of nitrogens with one attached hydrogen (secondary N) is 6. The van der Waals surface area contributed by atoms with Gasteiger partial charge in [0, 0.05) is 66.5 Å². The molecule has 0 spiro atoms. The van der Waals surface area contributed by atoms with Crippen LogP contribution in [0, 0.1) is 90.7 Å². The maximum atomic E-state index is 3.86. The molecule has 12 aliphatic rings. The Morgan fingerprint density at radius 1 is 0.333 bits per heavy atom. The van der Waals surface area contributed by atoms with E-state index in [1.165, 1.54) is 70.6 Å². The van der Waals surface area contributed by atoms with Crippen molar-refractivity contribution in [2.45, 2.75) is 322 Å². The molecule has 12 aliphatic carbocycles. The Morgan fingerprint density at radius 3 is 0.917 bits per heavy atom. The molecule has 12 rings (SSSR count). The first-order valence-electron chi connectivity index (χ1n) is 31.7. The van der Waals surface area contributed by atoms with Crippen LogP contribution in [0.2, 0.25) is 0 Å². The largest absolute Gasteiger partial charge is 0.316 e. The molecule has 13 atom stereocenters. The Hall–Kier alpha value is -0.240. The summed E-state index contributed by atoms with van der Waals surface area (Å²) in [6.45, 7) is 52.5. The number of hydrogen-bond acceptors (Lipinski definition) is 6. The van der Waals surface area contributed by atoms with Crippen molar-refractivity contribution in [3.63, 3.8) is 0 Å². The second kappa shape index (κ2) is 21.4. The molecule has 6 N–H and O–H groups in total. The minimum absolute atomic E-state index is 0.439. The quantitative estimate of drug-likeness (QED) is 0.124. The van der Waals surface area contributed by atoms with Crippen molar-refractivity contribution in [2.75, 3.05) is 7.05 Å². The zero-order valence-electron chi connectivity index (χ0n) is 52.3. The highest BCUT2D eigenvalue weighted by Crippen LogP contribution is 2.68. The van der Waals surface area contributed by atoms with Crippen molar-refractivity contribution >= 4 is 0 Å². The van der Waals surface area contributed by atoms with Crippen LogP contribution in [0.25, 0.3) is 0 Å². The average molecular weight is 1000 g/mol. The minimum Gasteiger partial charge on any atom is -0.316 e. The van der Waals surface area contributed by atoms with E-state index in [0.29, 0.717) is 85.6 Å². The predicted octanol–water partition coefficient (Wildman–Crippen LogP) is 14.8. The summed E-state index contributed by atoms with van der Waals surface area (Å²) in [5.74, 6) is 8.05. The van der Waals surface area contributed by atoms with Crippen molar-refractivity contribution in [1.82, 2.24) is 31.9 Å². The molecule has 420 valence electrons. The van der Waals surface area contributed by atoms with Crippen LogP contribution in [-0.2, 0) is 0 Å². The predicted molar refractivity (Wildman–Crippen MR) is 312 cm³/mol. The van der Waals surface area contributed by atoms with Crippen molar-refractivity contribution < 1.29 is 0 Å². The van der Waals surface area contributed by atoms with Gasteiger partial charge in [0.1, 0.15) is 0 Å². The minimum atomic E-state index is 0.439. The van der Waals surface area contributed by atoms with Gasteiger partial charge in [-0.3, -0.25) is 0 Å². The summed E-state index contributed by atoms with van der Waals surface area (Å²) in [4.78, 5) is 0. The molecule has 0 aliphatic heterocycles. The smallest absolute Gasteiger partial charge is 0.0285 e. The lowest BCUT2D eigenvalue weighted by Crippen LogP contribution is -2.57. The van der Waals surface area contributed by atoms with Gasteiger partial charge in [0.25, 0.3) is 0 Å². The third kappa shape index (κ3) is 10.4. The molecule has 0 radical (unpaired) electrons. The van der Waals surface area contributed by atoms with Crippen LogP contribution in [-0.4, -0.2) is 73.5 Å². The molecule has 12 fully saturated rings. The van der Waals surface area contributed by atoms with E-state index in [2.05, 4.69) is 191 Å². The van der Waals surface area contributed by atoms with Gasteiger partial charge in [0.15, 0.2) is 0 Å². The highest BCUT2D eigenvalue weighted by molar-refractivity contribution is 5.20. The second-order valence-corrected chi connectivity index (χ2v) is 32.6. The summed E-state index contributed by atoms with van der Waals surface area (Å²) in [5.41, 5.74) is 4.19. The average Bonchev–Trinajstić information content (AvgIpc) is 3.99. The molecule has 0 aromatic rings. The van der Waals surface area contributed by atoms with Gasteiger partial charge in [-0.25, -0.2) is 0 Å². The van der Waals surface area contributed by atoms with Crippen LogP contribution in [0.1, 0.15) is 255 Å². The molecule has 72 heavy (non-hydrogen) atoms. The normalized spacial score (nSPS) is 46.2. The number of fused-ring (bicyclic) bond motifs is 8. The highest BCUT2D eigenvalue weighted by Gasteiger charge is 2.67. The first-order valence-corrected chi connectivity index (χ1v) is 31.7. The maximum absolute atomic E-state index is 3.86. The van der Waals surface area contributed by atoms with Gasteiger partial charge in [-0.2, -0.15) is 0 Å². The Labute approximate surface area is 449 Å². The SMILES string of the molecule is CC(C)NC1C2CCC(C)(C1NC(C)C)C2(C)C.CC(C)NC1CC2CCC1(C)C2(C)C.CC(C)NC1CC2CCC1(C)C2(C)C.CC(C)NC1CC2CCC1(C)C2(C)C.CNC1C2CC3CC(C2)CC1C3. The van der Waals surface area contributed by atoms with E-state index in [-0.39, 0.29) is 0 Å². The molecule has 12 bridgehead atoms. The van der Waals surface area contributed by atoms with Crippen molar-refractivity contribution in [3.8, 4) is 0 Å². The third-order valence-electron chi connectivity index (χ3n) is 26.4. The van der Waals surface area contributed by atoms with Crippen LogP contribution < -0.4 is 31.9 Å². The Morgan fingerprint density at radius 2 is 0.653 bits per heavy atom. The molecule has 0 aromatic heterocycles. The number of hydrogen-bond donors (Lipinski definition) is 6. The van der Waals surface area contributed by atoms with Crippen molar-refractivity contribution in [3.05, 3.63) is 0 Å². The van der Waals surface area contributed by atoms with E-state index in [1.807, 2.05) is 0 Å². The maximum Gasteiger partial charge on any atom is 0.0285 e. The molecule has 6 heteroatoms. The lowest BCUT2D eigenvalue weighted by molar-refractivity contribution is -0.0109. The molecule has 0 aromatic carbocycles. The van der Waals surface area contributed by atoms with Gasteiger partial charge in [-0.05, 0) is 200 Å².